The van der Waals surface area contributed by atoms with Crippen LogP contribution in [-0.2, 0) is 4.74 Å². The smallest absolute Gasteiger partial charge is 0.338 e. The molecule has 0 bridgehead atoms. The highest BCUT2D eigenvalue weighted by Crippen LogP contribution is 2.21. The zero-order valence-corrected chi connectivity index (χ0v) is 9.03. The summed E-state index contributed by atoms with van der Waals surface area (Å²) in [6, 6.07) is 2.89. The number of hydrogen-bond acceptors (Lipinski definition) is 4. The second kappa shape index (κ2) is 4.49. The Hall–Kier alpha value is -2.28. The summed E-state index contributed by atoms with van der Waals surface area (Å²) >= 11 is 0. The number of terminal acetylenes is 1. The van der Waals surface area contributed by atoms with Gasteiger partial charge in [-0.05, 0) is 19.1 Å². The molecule has 1 rings (SSSR count). The fourth-order valence-electron chi connectivity index (χ4n) is 1.41. The first kappa shape index (κ1) is 11.8. The zero-order chi connectivity index (χ0) is 12.3. The number of benzene rings is 1. The van der Waals surface area contributed by atoms with Gasteiger partial charge in [0.15, 0.2) is 5.78 Å². The lowest BCUT2D eigenvalue weighted by molar-refractivity contribution is 0.0597. The molecule has 4 heteroatoms. The first-order valence-corrected chi connectivity index (χ1v) is 4.50. The van der Waals surface area contributed by atoms with Crippen molar-refractivity contribution < 1.29 is 14.3 Å². The minimum Gasteiger partial charge on any atom is -0.465 e. The van der Waals surface area contributed by atoms with Gasteiger partial charge in [0.05, 0.1) is 18.2 Å². The summed E-state index contributed by atoms with van der Waals surface area (Å²) in [5.74, 6) is 1.42. The number of nitrogens with two attached hydrogens (primary N) is 1. The molecule has 4 nitrogen and oxygen atoms in total. The van der Waals surface area contributed by atoms with Gasteiger partial charge in [-0.3, -0.25) is 4.79 Å². The monoisotopic (exact) mass is 217 g/mol. The van der Waals surface area contributed by atoms with Gasteiger partial charge >= 0.3 is 5.97 Å². The molecule has 0 radical (unpaired) electrons. The third-order valence-corrected chi connectivity index (χ3v) is 2.09. The average Bonchev–Trinajstić information content (AvgIpc) is 2.26. The Morgan fingerprint density at radius 3 is 2.50 bits per heavy atom. The van der Waals surface area contributed by atoms with E-state index in [0.29, 0.717) is 5.56 Å². The molecule has 0 spiro atoms. The average molecular weight is 217 g/mol. The van der Waals surface area contributed by atoms with E-state index in [4.69, 9.17) is 12.2 Å². The Morgan fingerprint density at radius 2 is 2.06 bits per heavy atom. The number of ketones is 1. The van der Waals surface area contributed by atoms with Gasteiger partial charge in [-0.2, -0.15) is 0 Å². The Morgan fingerprint density at radius 1 is 1.44 bits per heavy atom. The molecule has 0 amide bonds. The van der Waals surface area contributed by atoms with Crippen molar-refractivity contribution >= 4 is 17.4 Å². The zero-order valence-electron chi connectivity index (χ0n) is 9.03. The van der Waals surface area contributed by atoms with Crippen molar-refractivity contribution in [3.8, 4) is 12.3 Å². The van der Waals surface area contributed by atoms with Gasteiger partial charge in [0.25, 0.3) is 0 Å². The predicted molar refractivity (Wildman–Crippen MR) is 60.1 cm³/mol. The number of ether oxygens (including phenoxy) is 1. The highest BCUT2D eigenvalue weighted by Gasteiger charge is 2.18. The van der Waals surface area contributed by atoms with Gasteiger partial charge in [0, 0.05) is 11.3 Å². The van der Waals surface area contributed by atoms with Crippen LogP contribution in [0.25, 0.3) is 0 Å². The minimum atomic E-state index is -0.631. The van der Waals surface area contributed by atoms with Crippen LogP contribution in [-0.4, -0.2) is 18.9 Å². The van der Waals surface area contributed by atoms with E-state index in [1.807, 2.05) is 0 Å². The van der Waals surface area contributed by atoms with Crippen LogP contribution in [0.5, 0.6) is 0 Å². The number of esters is 1. The summed E-state index contributed by atoms with van der Waals surface area (Å²) in [7, 11) is 1.23. The molecular formula is C12H11NO3. The fourth-order valence-corrected chi connectivity index (χ4v) is 1.41. The molecule has 0 aromatic heterocycles. The van der Waals surface area contributed by atoms with Crippen molar-refractivity contribution in [1.29, 1.82) is 0 Å². The van der Waals surface area contributed by atoms with Gasteiger partial charge in [0.2, 0.25) is 0 Å². The summed E-state index contributed by atoms with van der Waals surface area (Å²) in [6.45, 7) is 1.33. The first-order chi connectivity index (χ1) is 7.51. The van der Waals surface area contributed by atoms with Crippen molar-refractivity contribution in [3.05, 3.63) is 28.8 Å². The van der Waals surface area contributed by atoms with Crippen molar-refractivity contribution in [2.45, 2.75) is 6.92 Å². The van der Waals surface area contributed by atoms with Crippen molar-refractivity contribution in [3.63, 3.8) is 0 Å². The lowest BCUT2D eigenvalue weighted by Crippen LogP contribution is -2.12. The summed E-state index contributed by atoms with van der Waals surface area (Å²) < 4.78 is 4.57. The van der Waals surface area contributed by atoms with Crippen molar-refractivity contribution in [2.24, 2.45) is 0 Å². The maximum Gasteiger partial charge on any atom is 0.338 e. The van der Waals surface area contributed by atoms with Gasteiger partial charge in [-0.25, -0.2) is 4.79 Å². The predicted octanol–water partition coefficient (Wildman–Crippen LogP) is 1.24. The quantitative estimate of drug-likeness (QED) is 0.350. The molecule has 0 unspecified atom stereocenters. The normalized spacial score (nSPS) is 9.31. The molecule has 2 N–H and O–H groups in total. The second-order valence-corrected chi connectivity index (χ2v) is 3.18. The minimum absolute atomic E-state index is 0.1000. The Bertz CT molecular complexity index is 498. The molecule has 1 aromatic rings. The van der Waals surface area contributed by atoms with Crippen molar-refractivity contribution in [2.75, 3.05) is 12.8 Å². The van der Waals surface area contributed by atoms with E-state index >= 15 is 0 Å². The molecule has 0 heterocycles. The summed E-state index contributed by atoms with van der Waals surface area (Å²) in [5, 5.41) is 0. The molecule has 0 aliphatic carbocycles. The molecule has 0 atom stereocenters. The van der Waals surface area contributed by atoms with E-state index in [1.54, 1.807) is 0 Å². The van der Waals surface area contributed by atoms with E-state index in [2.05, 4.69) is 10.7 Å². The largest absolute Gasteiger partial charge is 0.465 e. The Kier molecular flexibility index (Phi) is 3.31. The molecule has 0 aliphatic heterocycles. The van der Waals surface area contributed by atoms with Crippen LogP contribution in [0.4, 0.5) is 5.69 Å². The molecular weight excluding hydrogens is 206 g/mol. The molecule has 0 saturated carbocycles. The van der Waals surface area contributed by atoms with Crippen LogP contribution in [0.2, 0.25) is 0 Å². The van der Waals surface area contributed by atoms with E-state index < -0.39 is 5.97 Å². The fraction of sp³-hybridized carbons (Fsp3) is 0.167. The third kappa shape index (κ3) is 2.04. The maximum atomic E-state index is 11.5. The van der Waals surface area contributed by atoms with Crippen LogP contribution in [0.3, 0.4) is 0 Å². The summed E-state index contributed by atoms with van der Waals surface area (Å²) in [4.78, 5) is 22.8. The lowest BCUT2D eigenvalue weighted by atomic mass is 9.99. The number of methoxy groups -OCH3 is 1. The van der Waals surface area contributed by atoms with Gasteiger partial charge in [-0.1, -0.05) is 5.92 Å². The van der Waals surface area contributed by atoms with Crippen LogP contribution >= 0.6 is 0 Å². The number of carbonyl (C=O) groups excluding carboxylic acids is 2. The molecule has 1 aromatic carbocycles. The number of Topliss-reactive ketones (excluding diaryl/α,β-unsaturated/α-hetero) is 1. The van der Waals surface area contributed by atoms with Crippen LogP contribution in [0.15, 0.2) is 12.1 Å². The molecule has 16 heavy (non-hydrogen) atoms. The number of carbonyl (C=O) groups is 2. The van der Waals surface area contributed by atoms with E-state index in [9.17, 15) is 9.59 Å². The van der Waals surface area contributed by atoms with E-state index in [1.165, 1.54) is 26.2 Å². The molecule has 82 valence electrons. The molecule has 0 aliphatic rings. The van der Waals surface area contributed by atoms with Crippen LogP contribution in [0, 0.1) is 12.3 Å². The number of nitrogen functional groups attached to an aromatic ring is 1. The maximum absolute atomic E-state index is 11.5. The van der Waals surface area contributed by atoms with E-state index in [-0.39, 0.29) is 22.6 Å². The SMILES string of the molecule is C#Cc1cc(N)c(C(C)=O)c(C(=O)OC)c1. The lowest BCUT2D eigenvalue weighted by Gasteiger charge is -2.09. The van der Waals surface area contributed by atoms with Crippen molar-refractivity contribution in [1.82, 2.24) is 0 Å². The highest BCUT2D eigenvalue weighted by molar-refractivity contribution is 6.09. The standard InChI is InChI=1S/C12H11NO3/c1-4-8-5-9(12(15)16-3)11(7(2)14)10(13)6-8/h1,5-6H,13H2,2-3H3. The topological polar surface area (TPSA) is 69.4 Å². The number of rotatable bonds is 2. The van der Waals surface area contributed by atoms with Crippen LogP contribution in [0.1, 0.15) is 33.2 Å². The summed E-state index contributed by atoms with van der Waals surface area (Å²) in [6.07, 6.45) is 5.21. The second-order valence-electron chi connectivity index (χ2n) is 3.18. The highest BCUT2D eigenvalue weighted by atomic mass is 16.5. The number of hydrogen-bond donors (Lipinski definition) is 1. The van der Waals surface area contributed by atoms with Gasteiger partial charge in [-0.15, -0.1) is 6.42 Å². The molecule has 0 fully saturated rings. The number of anilines is 1. The third-order valence-electron chi connectivity index (χ3n) is 2.09. The van der Waals surface area contributed by atoms with Crippen LogP contribution < -0.4 is 5.73 Å². The Balaban J connectivity index is 3.54. The first-order valence-electron chi connectivity index (χ1n) is 4.50. The Labute approximate surface area is 93.4 Å². The summed E-state index contributed by atoms with van der Waals surface area (Å²) in [5.41, 5.74) is 6.53. The van der Waals surface area contributed by atoms with Gasteiger partial charge in [0.1, 0.15) is 0 Å². The van der Waals surface area contributed by atoms with Gasteiger partial charge < -0.3 is 10.5 Å². The molecule has 0 saturated heterocycles. The van der Waals surface area contributed by atoms with E-state index in [0.717, 1.165) is 0 Å².